The van der Waals surface area contributed by atoms with Crippen molar-refractivity contribution < 1.29 is 0 Å². The van der Waals surface area contributed by atoms with Gasteiger partial charge in [0.1, 0.15) is 0 Å². The molecule has 1 N–H and O–H groups in total. The van der Waals surface area contributed by atoms with Gasteiger partial charge >= 0.3 is 0 Å². The van der Waals surface area contributed by atoms with Crippen molar-refractivity contribution in [3.05, 3.63) is 58.1 Å². The first-order valence-electron chi connectivity index (χ1n) is 6.77. The molecule has 2 aromatic rings. The Hall–Kier alpha value is -1.48. The fourth-order valence-electron chi connectivity index (χ4n) is 2.29. The largest absolute Gasteiger partial charge is 0.378 e. The third kappa shape index (κ3) is 3.54. The number of nitrogens with zero attached hydrogens (tertiary/aromatic N) is 1. The molecule has 0 bridgehead atoms. The van der Waals surface area contributed by atoms with Gasteiger partial charge in [-0.2, -0.15) is 0 Å². The Morgan fingerprint density at radius 3 is 2.50 bits per heavy atom. The molecule has 0 radical (unpaired) electrons. The summed E-state index contributed by atoms with van der Waals surface area (Å²) >= 11 is 3.52. The molecule has 1 atom stereocenters. The molecule has 0 aliphatic heterocycles. The number of benzene rings is 2. The van der Waals surface area contributed by atoms with E-state index in [0.29, 0.717) is 0 Å². The first-order valence-corrected chi connectivity index (χ1v) is 7.56. The lowest BCUT2D eigenvalue weighted by Gasteiger charge is -2.20. The summed E-state index contributed by atoms with van der Waals surface area (Å²) in [6.07, 6.45) is 0. The van der Waals surface area contributed by atoms with Crippen LogP contribution in [0.1, 0.15) is 24.1 Å². The molecule has 0 saturated carbocycles. The molecule has 2 rings (SSSR count). The maximum atomic E-state index is 3.56. The highest BCUT2D eigenvalue weighted by atomic mass is 79.9. The lowest BCUT2D eigenvalue weighted by atomic mass is 10.1. The standard InChI is InChI=1S/C17H21BrN2/c1-12-8-9-16(11-17(12)20(3)4)19-13(2)14-6-5-7-15(18)10-14/h5-11,13,19H,1-4H3. The Balaban J connectivity index is 2.19. The molecule has 0 spiro atoms. The molecular formula is C17H21BrN2. The van der Waals surface area contributed by atoms with Crippen molar-refractivity contribution in [2.24, 2.45) is 0 Å². The van der Waals surface area contributed by atoms with Gasteiger partial charge in [-0.1, -0.05) is 34.1 Å². The predicted molar refractivity (Wildman–Crippen MR) is 91.7 cm³/mol. The molecule has 20 heavy (non-hydrogen) atoms. The van der Waals surface area contributed by atoms with Gasteiger partial charge in [0.2, 0.25) is 0 Å². The molecule has 1 unspecified atom stereocenters. The summed E-state index contributed by atoms with van der Waals surface area (Å²) in [5.74, 6) is 0. The van der Waals surface area contributed by atoms with E-state index in [1.54, 1.807) is 0 Å². The predicted octanol–water partition coefficient (Wildman–Crippen LogP) is 5.00. The first-order chi connectivity index (χ1) is 9.47. The van der Waals surface area contributed by atoms with Crippen LogP contribution in [0.25, 0.3) is 0 Å². The van der Waals surface area contributed by atoms with Crippen molar-refractivity contribution in [1.29, 1.82) is 0 Å². The SMILES string of the molecule is Cc1ccc(NC(C)c2cccc(Br)c2)cc1N(C)C. The Morgan fingerprint density at radius 1 is 1.10 bits per heavy atom. The molecule has 2 aromatic carbocycles. The van der Waals surface area contributed by atoms with Crippen LogP contribution in [0.2, 0.25) is 0 Å². The van der Waals surface area contributed by atoms with E-state index < -0.39 is 0 Å². The van der Waals surface area contributed by atoms with E-state index in [4.69, 9.17) is 0 Å². The average Bonchev–Trinajstić information content (AvgIpc) is 2.40. The lowest BCUT2D eigenvalue weighted by Crippen LogP contribution is -2.12. The molecule has 0 saturated heterocycles. The summed E-state index contributed by atoms with van der Waals surface area (Å²) in [6.45, 7) is 4.31. The smallest absolute Gasteiger partial charge is 0.0486 e. The van der Waals surface area contributed by atoms with Crippen molar-refractivity contribution in [1.82, 2.24) is 0 Å². The van der Waals surface area contributed by atoms with Crippen LogP contribution in [0.5, 0.6) is 0 Å². The number of aryl methyl sites for hydroxylation is 1. The van der Waals surface area contributed by atoms with Crippen LogP contribution in [0.4, 0.5) is 11.4 Å². The summed E-state index contributed by atoms with van der Waals surface area (Å²) in [6, 6.07) is 15.2. The van der Waals surface area contributed by atoms with Gasteiger partial charge < -0.3 is 10.2 Å². The Bertz CT molecular complexity index is 593. The Morgan fingerprint density at radius 2 is 1.85 bits per heavy atom. The highest BCUT2D eigenvalue weighted by Gasteiger charge is 2.07. The van der Waals surface area contributed by atoms with Crippen LogP contribution in [0.15, 0.2) is 46.9 Å². The van der Waals surface area contributed by atoms with Crippen molar-refractivity contribution in [3.63, 3.8) is 0 Å². The van der Waals surface area contributed by atoms with Gasteiger partial charge in [0.15, 0.2) is 0 Å². The molecule has 0 amide bonds. The van der Waals surface area contributed by atoms with Gasteiger partial charge in [0, 0.05) is 36.0 Å². The Kier molecular flexibility index (Phi) is 4.71. The number of halogens is 1. The van der Waals surface area contributed by atoms with Gasteiger partial charge in [0.25, 0.3) is 0 Å². The van der Waals surface area contributed by atoms with Crippen molar-refractivity contribution in [2.45, 2.75) is 19.9 Å². The van der Waals surface area contributed by atoms with Gasteiger partial charge in [-0.25, -0.2) is 0 Å². The van der Waals surface area contributed by atoms with Crippen LogP contribution in [-0.4, -0.2) is 14.1 Å². The topological polar surface area (TPSA) is 15.3 Å². The van der Waals surface area contributed by atoms with E-state index in [-0.39, 0.29) is 6.04 Å². The second kappa shape index (κ2) is 6.31. The minimum atomic E-state index is 0.269. The molecule has 0 aliphatic rings. The van der Waals surface area contributed by atoms with E-state index >= 15 is 0 Å². The average molecular weight is 333 g/mol. The van der Waals surface area contributed by atoms with Crippen molar-refractivity contribution in [3.8, 4) is 0 Å². The maximum absolute atomic E-state index is 3.56. The number of hydrogen-bond acceptors (Lipinski definition) is 2. The molecule has 106 valence electrons. The summed E-state index contributed by atoms with van der Waals surface area (Å²) in [5.41, 5.74) is 4.95. The quantitative estimate of drug-likeness (QED) is 0.847. The maximum Gasteiger partial charge on any atom is 0.0486 e. The van der Waals surface area contributed by atoms with Crippen LogP contribution in [0.3, 0.4) is 0 Å². The summed E-state index contributed by atoms with van der Waals surface area (Å²) in [4.78, 5) is 2.14. The fraction of sp³-hybridized carbons (Fsp3) is 0.294. The third-order valence-electron chi connectivity index (χ3n) is 3.42. The summed E-state index contributed by atoms with van der Waals surface area (Å²) in [5, 5.41) is 3.56. The van der Waals surface area contributed by atoms with Gasteiger partial charge in [-0.05, 0) is 49.2 Å². The number of hydrogen-bond donors (Lipinski definition) is 1. The van der Waals surface area contributed by atoms with Crippen molar-refractivity contribution in [2.75, 3.05) is 24.3 Å². The normalized spacial score (nSPS) is 12.1. The lowest BCUT2D eigenvalue weighted by molar-refractivity contribution is 0.883. The number of anilines is 2. The molecule has 0 heterocycles. The van der Waals surface area contributed by atoms with Gasteiger partial charge in [-0.15, -0.1) is 0 Å². The molecular weight excluding hydrogens is 312 g/mol. The molecule has 0 aromatic heterocycles. The van der Waals surface area contributed by atoms with E-state index in [9.17, 15) is 0 Å². The highest BCUT2D eigenvalue weighted by Crippen LogP contribution is 2.26. The van der Waals surface area contributed by atoms with Crippen molar-refractivity contribution >= 4 is 27.3 Å². The second-order valence-electron chi connectivity index (χ2n) is 5.32. The van der Waals surface area contributed by atoms with Crippen LogP contribution in [-0.2, 0) is 0 Å². The third-order valence-corrected chi connectivity index (χ3v) is 3.92. The fourth-order valence-corrected chi connectivity index (χ4v) is 2.71. The van der Waals surface area contributed by atoms with Crippen LogP contribution < -0.4 is 10.2 Å². The minimum Gasteiger partial charge on any atom is -0.378 e. The zero-order valence-electron chi connectivity index (χ0n) is 12.4. The second-order valence-corrected chi connectivity index (χ2v) is 6.23. The summed E-state index contributed by atoms with van der Waals surface area (Å²) < 4.78 is 1.11. The van der Waals surface area contributed by atoms with Gasteiger partial charge in [0.05, 0.1) is 0 Å². The zero-order valence-corrected chi connectivity index (χ0v) is 14.0. The van der Waals surface area contributed by atoms with Crippen LogP contribution >= 0.6 is 15.9 Å². The zero-order chi connectivity index (χ0) is 14.7. The Labute approximate surface area is 129 Å². The van der Waals surface area contributed by atoms with E-state index in [2.05, 4.69) is 90.5 Å². The molecule has 2 nitrogen and oxygen atoms in total. The van der Waals surface area contributed by atoms with E-state index in [0.717, 1.165) is 10.2 Å². The molecule has 0 aliphatic carbocycles. The van der Waals surface area contributed by atoms with E-state index in [1.807, 2.05) is 6.07 Å². The van der Waals surface area contributed by atoms with Crippen LogP contribution in [0, 0.1) is 6.92 Å². The van der Waals surface area contributed by atoms with Gasteiger partial charge in [-0.3, -0.25) is 0 Å². The minimum absolute atomic E-state index is 0.269. The summed E-state index contributed by atoms with van der Waals surface area (Å²) in [7, 11) is 4.15. The number of rotatable bonds is 4. The highest BCUT2D eigenvalue weighted by molar-refractivity contribution is 9.10. The number of nitrogens with one attached hydrogen (secondary N) is 1. The monoisotopic (exact) mass is 332 g/mol. The van der Waals surface area contributed by atoms with E-state index in [1.165, 1.54) is 16.8 Å². The molecule has 0 fully saturated rings. The molecule has 3 heteroatoms. The first kappa shape index (κ1) is 14.9.